The fraction of sp³-hybridized carbons (Fsp3) is 0.650. The van der Waals surface area contributed by atoms with Gasteiger partial charge >= 0.3 is 0 Å². The number of carbonyl (C=O) groups excluding carboxylic acids is 1. The van der Waals surface area contributed by atoms with Crippen molar-refractivity contribution in [2.75, 3.05) is 33.9 Å². The summed E-state index contributed by atoms with van der Waals surface area (Å²) in [4.78, 5) is 14.5. The average molecular weight is 347 g/mol. The van der Waals surface area contributed by atoms with Crippen LogP contribution in [0.1, 0.15) is 37.7 Å². The minimum Gasteiger partial charge on any atom is -0.497 e. The van der Waals surface area contributed by atoms with Crippen molar-refractivity contribution in [2.24, 2.45) is 0 Å². The normalized spacial score (nSPS) is 22.8. The number of benzene rings is 1. The summed E-state index contributed by atoms with van der Waals surface area (Å²) in [5, 5.41) is 0. The van der Waals surface area contributed by atoms with Gasteiger partial charge in [-0.2, -0.15) is 0 Å². The number of methoxy groups -OCH3 is 2. The van der Waals surface area contributed by atoms with Crippen LogP contribution in [0, 0.1) is 0 Å². The van der Waals surface area contributed by atoms with Gasteiger partial charge in [-0.3, -0.25) is 4.79 Å². The Labute approximate surface area is 150 Å². The van der Waals surface area contributed by atoms with Gasteiger partial charge in [-0.25, -0.2) is 0 Å². The van der Waals surface area contributed by atoms with Gasteiger partial charge in [0.15, 0.2) is 0 Å². The number of hydrogen-bond acceptors (Lipinski definition) is 4. The summed E-state index contributed by atoms with van der Waals surface area (Å²) in [7, 11) is 3.44. The first-order valence-electron chi connectivity index (χ1n) is 9.21. The van der Waals surface area contributed by atoms with E-state index in [-0.39, 0.29) is 11.5 Å². The van der Waals surface area contributed by atoms with Crippen molar-refractivity contribution in [1.29, 1.82) is 0 Å². The van der Waals surface area contributed by atoms with Crippen LogP contribution in [0.5, 0.6) is 5.75 Å². The second-order valence-corrected chi connectivity index (χ2v) is 7.11. The van der Waals surface area contributed by atoms with Crippen LogP contribution in [0.25, 0.3) is 0 Å². The van der Waals surface area contributed by atoms with Crippen LogP contribution in [0.3, 0.4) is 0 Å². The summed E-state index contributed by atoms with van der Waals surface area (Å²) in [5.41, 5.74) is 1.09. The molecule has 1 aromatic carbocycles. The standard InChI is InChI=1S/C20H29NO4/c1-23-17-6-3-16(4-7-17)5-8-19(22)21-12-10-20(11-13-21)15-18(24-2)9-14-25-20/h3-4,6-7,18H,5,8-15H2,1-2H3. The molecule has 0 radical (unpaired) electrons. The number of hydrogen-bond donors (Lipinski definition) is 0. The number of nitrogens with zero attached hydrogens (tertiary/aromatic N) is 1. The zero-order valence-electron chi connectivity index (χ0n) is 15.3. The molecule has 5 heteroatoms. The zero-order chi connectivity index (χ0) is 17.7. The monoisotopic (exact) mass is 347 g/mol. The van der Waals surface area contributed by atoms with E-state index in [1.54, 1.807) is 14.2 Å². The van der Waals surface area contributed by atoms with Gasteiger partial charge in [0.2, 0.25) is 5.91 Å². The number of amides is 1. The first kappa shape index (κ1) is 18.2. The Bertz CT molecular complexity index is 564. The Morgan fingerprint density at radius 3 is 2.60 bits per heavy atom. The van der Waals surface area contributed by atoms with Gasteiger partial charge in [0.25, 0.3) is 0 Å². The molecule has 0 saturated carbocycles. The van der Waals surface area contributed by atoms with Gasteiger partial charge in [-0.1, -0.05) is 12.1 Å². The minimum absolute atomic E-state index is 0.0777. The van der Waals surface area contributed by atoms with Crippen molar-refractivity contribution in [1.82, 2.24) is 4.90 Å². The summed E-state index contributed by atoms with van der Waals surface area (Å²) in [5.74, 6) is 1.09. The molecular formula is C20H29NO4. The highest BCUT2D eigenvalue weighted by Crippen LogP contribution is 2.36. The van der Waals surface area contributed by atoms with E-state index in [1.807, 2.05) is 29.2 Å². The SMILES string of the molecule is COc1ccc(CCC(=O)N2CCC3(CC2)CC(OC)CCO3)cc1. The molecule has 1 spiro atoms. The van der Waals surface area contributed by atoms with E-state index in [9.17, 15) is 4.79 Å². The third kappa shape index (κ3) is 4.53. The first-order valence-corrected chi connectivity index (χ1v) is 9.21. The van der Waals surface area contributed by atoms with Crippen LogP contribution in [-0.4, -0.2) is 56.4 Å². The highest BCUT2D eigenvalue weighted by Gasteiger charge is 2.41. The summed E-state index contributed by atoms with van der Waals surface area (Å²) in [6, 6.07) is 7.93. The van der Waals surface area contributed by atoms with Crippen LogP contribution in [-0.2, 0) is 20.7 Å². The van der Waals surface area contributed by atoms with E-state index in [2.05, 4.69) is 0 Å². The fourth-order valence-electron chi connectivity index (χ4n) is 3.90. The topological polar surface area (TPSA) is 48.0 Å². The molecule has 1 aromatic rings. The Hall–Kier alpha value is -1.59. The smallest absolute Gasteiger partial charge is 0.222 e. The summed E-state index contributed by atoms with van der Waals surface area (Å²) in [6.45, 7) is 2.35. The lowest BCUT2D eigenvalue weighted by atomic mass is 9.83. The van der Waals surface area contributed by atoms with Crippen LogP contribution in [0.4, 0.5) is 0 Å². The zero-order valence-corrected chi connectivity index (χ0v) is 15.3. The average Bonchev–Trinajstić information content (AvgIpc) is 2.67. The predicted octanol–water partition coefficient (Wildman–Crippen LogP) is 2.81. The van der Waals surface area contributed by atoms with Crippen LogP contribution < -0.4 is 4.74 Å². The van der Waals surface area contributed by atoms with Crippen molar-refractivity contribution >= 4 is 5.91 Å². The Morgan fingerprint density at radius 1 is 1.24 bits per heavy atom. The fourth-order valence-corrected chi connectivity index (χ4v) is 3.90. The van der Waals surface area contributed by atoms with Crippen LogP contribution in [0.15, 0.2) is 24.3 Å². The van der Waals surface area contributed by atoms with Crippen LogP contribution >= 0.6 is 0 Å². The van der Waals surface area contributed by atoms with E-state index in [1.165, 1.54) is 5.56 Å². The number of likely N-dealkylation sites (tertiary alicyclic amines) is 1. The molecule has 0 N–H and O–H groups in total. The maximum Gasteiger partial charge on any atom is 0.222 e. The molecule has 0 bridgehead atoms. The lowest BCUT2D eigenvalue weighted by Gasteiger charge is -2.45. The van der Waals surface area contributed by atoms with Crippen molar-refractivity contribution in [2.45, 2.75) is 50.2 Å². The second-order valence-electron chi connectivity index (χ2n) is 7.11. The van der Waals surface area contributed by atoms with Gasteiger partial charge in [-0.15, -0.1) is 0 Å². The van der Waals surface area contributed by atoms with E-state index >= 15 is 0 Å². The number of piperidine rings is 1. The Kier molecular flexibility index (Phi) is 5.97. The molecule has 1 atom stereocenters. The lowest BCUT2D eigenvalue weighted by Crippen LogP contribution is -2.52. The number of rotatable bonds is 5. The quantitative estimate of drug-likeness (QED) is 0.822. The van der Waals surface area contributed by atoms with Gasteiger partial charge in [0, 0.05) is 39.6 Å². The molecule has 5 nitrogen and oxygen atoms in total. The number of carbonyl (C=O) groups is 1. The molecule has 138 valence electrons. The number of ether oxygens (including phenoxy) is 3. The molecule has 2 fully saturated rings. The van der Waals surface area contributed by atoms with E-state index < -0.39 is 0 Å². The summed E-state index contributed by atoms with van der Waals surface area (Å²) in [6.07, 6.45) is 5.39. The van der Waals surface area contributed by atoms with E-state index in [4.69, 9.17) is 14.2 Å². The van der Waals surface area contributed by atoms with Crippen molar-refractivity contribution < 1.29 is 19.0 Å². The molecule has 0 aliphatic carbocycles. The van der Waals surface area contributed by atoms with E-state index in [0.717, 1.165) is 57.6 Å². The third-order valence-corrected chi connectivity index (χ3v) is 5.60. The summed E-state index contributed by atoms with van der Waals surface area (Å²) < 4.78 is 16.8. The minimum atomic E-state index is -0.0777. The lowest BCUT2D eigenvalue weighted by molar-refractivity contribution is -0.157. The highest BCUT2D eigenvalue weighted by molar-refractivity contribution is 5.76. The molecule has 2 aliphatic heterocycles. The van der Waals surface area contributed by atoms with Gasteiger partial charge in [0.05, 0.1) is 18.8 Å². The highest BCUT2D eigenvalue weighted by atomic mass is 16.5. The van der Waals surface area contributed by atoms with Gasteiger partial charge in [0.1, 0.15) is 5.75 Å². The Morgan fingerprint density at radius 2 is 1.96 bits per heavy atom. The molecular weight excluding hydrogens is 318 g/mol. The largest absolute Gasteiger partial charge is 0.497 e. The third-order valence-electron chi connectivity index (χ3n) is 5.60. The molecule has 1 unspecified atom stereocenters. The molecule has 2 aliphatic rings. The van der Waals surface area contributed by atoms with Crippen molar-refractivity contribution in [3.8, 4) is 5.75 Å². The predicted molar refractivity (Wildman–Crippen MR) is 95.8 cm³/mol. The molecule has 3 rings (SSSR count). The van der Waals surface area contributed by atoms with Crippen LogP contribution in [0.2, 0.25) is 0 Å². The second kappa shape index (κ2) is 8.19. The molecule has 2 heterocycles. The molecule has 0 aromatic heterocycles. The molecule has 1 amide bonds. The number of aryl methyl sites for hydroxylation is 1. The molecule has 25 heavy (non-hydrogen) atoms. The Balaban J connectivity index is 1.46. The summed E-state index contributed by atoms with van der Waals surface area (Å²) >= 11 is 0. The maximum absolute atomic E-state index is 12.5. The first-order chi connectivity index (χ1) is 12.1. The van der Waals surface area contributed by atoms with E-state index in [0.29, 0.717) is 12.5 Å². The van der Waals surface area contributed by atoms with Gasteiger partial charge < -0.3 is 19.1 Å². The van der Waals surface area contributed by atoms with Gasteiger partial charge in [-0.05, 0) is 43.4 Å². The molecule has 2 saturated heterocycles. The van der Waals surface area contributed by atoms with Crippen molar-refractivity contribution in [3.05, 3.63) is 29.8 Å². The maximum atomic E-state index is 12.5. The van der Waals surface area contributed by atoms with Crippen molar-refractivity contribution in [3.63, 3.8) is 0 Å².